The fraction of sp³-hybridized carbons (Fsp3) is 0.333. The number of ether oxygens (including phenoxy) is 1. The summed E-state index contributed by atoms with van der Waals surface area (Å²) in [7, 11) is 1.27. The van der Waals surface area contributed by atoms with Gasteiger partial charge in [0.2, 0.25) is 5.91 Å². The normalized spacial score (nSPS) is 9.47. The molecule has 0 aliphatic carbocycles. The van der Waals surface area contributed by atoms with Gasteiger partial charge < -0.3 is 15.4 Å². The van der Waals surface area contributed by atoms with E-state index in [1.165, 1.54) is 18.4 Å². The van der Waals surface area contributed by atoms with Crippen LogP contribution in [0.5, 0.6) is 0 Å². The van der Waals surface area contributed by atoms with Crippen molar-refractivity contribution in [3.05, 3.63) is 11.6 Å². The Labute approximate surface area is 107 Å². The Morgan fingerprint density at radius 2 is 2.29 bits per heavy atom. The molecule has 2 N–H and O–H groups in total. The average Bonchev–Trinajstić information content (AvgIpc) is 2.78. The Morgan fingerprint density at radius 1 is 1.53 bits per heavy atom. The van der Waals surface area contributed by atoms with Crippen molar-refractivity contribution in [3.8, 4) is 0 Å². The van der Waals surface area contributed by atoms with E-state index < -0.39 is 5.97 Å². The van der Waals surface area contributed by atoms with Gasteiger partial charge in [-0.2, -0.15) is 0 Å². The highest BCUT2D eigenvalue weighted by atomic mass is 32.1. The summed E-state index contributed by atoms with van der Waals surface area (Å²) in [4.78, 5) is 26.1. The smallest absolute Gasteiger partial charge is 0.306 e. The zero-order chi connectivity index (χ0) is 12.7. The van der Waals surface area contributed by atoms with E-state index in [1.807, 2.05) is 0 Å². The molecule has 92 valence electrons. The quantitative estimate of drug-likeness (QED) is 0.627. The Hall–Kier alpha value is -1.54. The molecule has 1 aromatic heterocycles. The van der Waals surface area contributed by atoms with E-state index in [1.54, 1.807) is 11.6 Å². The first-order valence-electron chi connectivity index (χ1n) is 4.69. The summed E-state index contributed by atoms with van der Waals surface area (Å²) in [5.74, 6) is -0.775. The van der Waals surface area contributed by atoms with Crippen LogP contribution in [0.25, 0.3) is 0 Å². The molecule has 0 saturated carbocycles. The van der Waals surface area contributed by atoms with Crippen molar-refractivity contribution in [3.63, 3.8) is 0 Å². The molecule has 0 saturated heterocycles. The van der Waals surface area contributed by atoms with Crippen LogP contribution in [-0.4, -0.2) is 29.1 Å². The Kier molecular flexibility index (Phi) is 5.50. The van der Waals surface area contributed by atoms with Crippen molar-refractivity contribution >= 4 is 45.7 Å². The van der Waals surface area contributed by atoms with Crippen molar-refractivity contribution in [2.45, 2.75) is 12.8 Å². The van der Waals surface area contributed by atoms with E-state index in [0.717, 1.165) is 0 Å². The largest absolute Gasteiger partial charge is 0.469 e. The van der Waals surface area contributed by atoms with E-state index in [9.17, 15) is 9.59 Å². The lowest BCUT2D eigenvalue weighted by Crippen LogP contribution is -2.34. The lowest BCUT2D eigenvalue weighted by Gasteiger charge is -2.06. The number of methoxy groups -OCH3 is 1. The number of amides is 1. The van der Waals surface area contributed by atoms with E-state index in [0.29, 0.717) is 5.13 Å². The number of carbonyl (C=O) groups is 2. The molecule has 1 aromatic rings. The average molecular weight is 273 g/mol. The second kappa shape index (κ2) is 6.92. The number of hydrogen-bond acceptors (Lipinski definition) is 6. The van der Waals surface area contributed by atoms with Crippen molar-refractivity contribution < 1.29 is 14.3 Å². The van der Waals surface area contributed by atoms with Crippen LogP contribution in [-0.2, 0) is 14.3 Å². The minimum Gasteiger partial charge on any atom is -0.469 e. The zero-order valence-electron chi connectivity index (χ0n) is 9.06. The number of nitrogens with zero attached hydrogens (tertiary/aromatic N) is 1. The maximum atomic E-state index is 11.3. The molecule has 0 spiro atoms. The van der Waals surface area contributed by atoms with Crippen LogP contribution < -0.4 is 10.6 Å². The second-order valence-corrected chi connectivity index (χ2v) is 4.22. The maximum absolute atomic E-state index is 11.3. The number of aromatic nitrogens is 1. The van der Waals surface area contributed by atoms with Gasteiger partial charge in [-0.25, -0.2) is 4.98 Å². The van der Waals surface area contributed by atoms with Crippen LogP contribution in [0.2, 0.25) is 0 Å². The molecule has 0 aromatic carbocycles. The second-order valence-electron chi connectivity index (χ2n) is 2.92. The van der Waals surface area contributed by atoms with Gasteiger partial charge >= 0.3 is 5.97 Å². The topological polar surface area (TPSA) is 80.3 Å². The molecule has 6 nitrogen and oxygen atoms in total. The van der Waals surface area contributed by atoms with Gasteiger partial charge in [0.15, 0.2) is 10.2 Å². The van der Waals surface area contributed by atoms with Crippen LogP contribution in [0, 0.1) is 0 Å². The van der Waals surface area contributed by atoms with Gasteiger partial charge in [-0.3, -0.25) is 9.59 Å². The summed E-state index contributed by atoms with van der Waals surface area (Å²) >= 11 is 6.26. The van der Waals surface area contributed by atoms with Gasteiger partial charge in [0.05, 0.1) is 13.5 Å². The van der Waals surface area contributed by atoms with Crippen molar-refractivity contribution in [1.82, 2.24) is 10.3 Å². The SMILES string of the molecule is COC(=O)CCC(=O)NC(=S)Nc1nccs1. The number of nitrogens with one attached hydrogen (secondary N) is 2. The summed E-state index contributed by atoms with van der Waals surface area (Å²) in [5.41, 5.74) is 0. The number of anilines is 1. The van der Waals surface area contributed by atoms with Gasteiger partial charge in [-0.05, 0) is 12.2 Å². The molecule has 17 heavy (non-hydrogen) atoms. The van der Waals surface area contributed by atoms with Crippen LogP contribution >= 0.6 is 23.6 Å². The first-order valence-corrected chi connectivity index (χ1v) is 5.97. The van der Waals surface area contributed by atoms with Gasteiger partial charge in [-0.15, -0.1) is 11.3 Å². The molecule has 0 unspecified atom stereocenters. The predicted molar refractivity (Wildman–Crippen MR) is 67.7 cm³/mol. The van der Waals surface area contributed by atoms with Crippen LogP contribution in [0.1, 0.15) is 12.8 Å². The molecule has 0 atom stereocenters. The van der Waals surface area contributed by atoms with Crippen molar-refractivity contribution in [2.75, 3.05) is 12.4 Å². The number of carbonyl (C=O) groups excluding carboxylic acids is 2. The lowest BCUT2D eigenvalue weighted by molar-refractivity contribution is -0.142. The number of thiazole rings is 1. The lowest BCUT2D eigenvalue weighted by atomic mass is 10.3. The molecule has 1 rings (SSSR count). The molecular weight excluding hydrogens is 262 g/mol. The Morgan fingerprint density at radius 3 is 2.88 bits per heavy atom. The van der Waals surface area contributed by atoms with Gasteiger partial charge in [-0.1, -0.05) is 0 Å². The molecule has 8 heteroatoms. The Balaban J connectivity index is 2.26. The number of esters is 1. The fourth-order valence-electron chi connectivity index (χ4n) is 0.920. The summed E-state index contributed by atoms with van der Waals surface area (Å²) in [6, 6.07) is 0. The predicted octanol–water partition coefficient (Wildman–Crippen LogP) is 0.909. The van der Waals surface area contributed by atoms with Crippen LogP contribution in [0.4, 0.5) is 5.13 Å². The van der Waals surface area contributed by atoms with E-state index in [-0.39, 0.29) is 23.9 Å². The number of rotatable bonds is 4. The van der Waals surface area contributed by atoms with Gasteiger partial charge in [0.1, 0.15) is 0 Å². The minimum atomic E-state index is -0.432. The fourth-order valence-corrected chi connectivity index (χ4v) is 1.73. The highest BCUT2D eigenvalue weighted by Gasteiger charge is 2.08. The summed E-state index contributed by atoms with van der Waals surface area (Å²) in [5, 5.41) is 7.73. The summed E-state index contributed by atoms with van der Waals surface area (Å²) in [6.45, 7) is 0. The van der Waals surface area contributed by atoms with Crippen LogP contribution in [0.15, 0.2) is 11.6 Å². The third-order valence-electron chi connectivity index (χ3n) is 1.69. The summed E-state index contributed by atoms with van der Waals surface area (Å²) < 4.78 is 4.42. The molecule has 0 fully saturated rings. The highest BCUT2D eigenvalue weighted by Crippen LogP contribution is 2.09. The maximum Gasteiger partial charge on any atom is 0.306 e. The van der Waals surface area contributed by atoms with E-state index in [4.69, 9.17) is 12.2 Å². The van der Waals surface area contributed by atoms with Crippen LogP contribution in [0.3, 0.4) is 0 Å². The molecule has 0 radical (unpaired) electrons. The monoisotopic (exact) mass is 273 g/mol. The number of thiocarbonyl (C=S) groups is 1. The minimum absolute atomic E-state index is 0.0300. The molecule has 0 aliphatic heterocycles. The van der Waals surface area contributed by atoms with Crippen molar-refractivity contribution in [2.24, 2.45) is 0 Å². The Bertz CT molecular complexity index is 406. The molecular formula is C9H11N3O3S2. The molecule has 0 aliphatic rings. The molecule has 1 heterocycles. The van der Waals surface area contributed by atoms with Gasteiger partial charge in [0, 0.05) is 18.0 Å². The highest BCUT2D eigenvalue weighted by molar-refractivity contribution is 7.80. The first kappa shape index (κ1) is 13.5. The van der Waals surface area contributed by atoms with E-state index in [2.05, 4.69) is 20.4 Å². The van der Waals surface area contributed by atoms with Gasteiger partial charge in [0.25, 0.3) is 0 Å². The molecule has 1 amide bonds. The third kappa shape index (κ3) is 5.36. The van der Waals surface area contributed by atoms with E-state index >= 15 is 0 Å². The van der Waals surface area contributed by atoms with Crippen molar-refractivity contribution in [1.29, 1.82) is 0 Å². The number of hydrogen-bond donors (Lipinski definition) is 2. The zero-order valence-corrected chi connectivity index (χ0v) is 10.7. The summed E-state index contributed by atoms with van der Waals surface area (Å²) in [6.07, 6.45) is 1.68. The molecule has 0 bridgehead atoms. The third-order valence-corrected chi connectivity index (χ3v) is 2.58. The first-order chi connectivity index (χ1) is 8.11. The standard InChI is InChI=1S/C9H11N3O3S2/c1-15-7(14)3-2-6(13)11-8(16)12-9-10-4-5-17-9/h4-5H,2-3H2,1H3,(H2,10,11,12,13,16).